The van der Waals surface area contributed by atoms with Crippen LogP contribution in [-0.4, -0.2) is 37.3 Å². The van der Waals surface area contributed by atoms with Crippen LogP contribution in [0.4, 0.5) is 0 Å². The quantitative estimate of drug-likeness (QED) is 0.0294. The summed E-state index contributed by atoms with van der Waals surface area (Å²) >= 11 is 0. The molecule has 61 heavy (non-hydrogen) atoms. The van der Waals surface area contributed by atoms with Gasteiger partial charge in [-0.2, -0.15) is 10.5 Å². The summed E-state index contributed by atoms with van der Waals surface area (Å²) in [7, 11) is 0. The second kappa shape index (κ2) is 23.3. The van der Waals surface area contributed by atoms with E-state index in [1.165, 1.54) is 6.08 Å². The molecule has 0 bridgehead atoms. The summed E-state index contributed by atoms with van der Waals surface area (Å²) in [6, 6.07) is 49.4. The van der Waals surface area contributed by atoms with Gasteiger partial charge in [0.2, 0.25) is 0 Å². The third-order valence-corrected chi connectivity index (χ3v) is 10.1. The van der Waals surface area contributed by atoms with Gasteiger partial charge >= 0.3 is 0 Å². The Bertz CT molecular complexity index is 2370. The topological polar surface area (TPSA) is 122 Å². The Balaban J connectivity index is 0.790. The minimum Gasteiger partial charge on any atom is -0.507 e. The van der Waals surface area contributed by atoms with Gasteiger partial charge in [0.1, 0.15) is 28.8 Å². The van der Waals surface area contributed by atoms with Gasteiger partial charge in [0.05, 0.1) is 49.7 Å². The smallest absolute Gasteiger partial charge is 0.189 e. The summed E-state index contributed by atoms with van der Waals surface area (Å²) in [6.07, 6.45) is 9.09. The predicted molar refractivity (Wildman–Crippen MR) is 240 cm³/mol. The Hall–Kier alpha value is -7.29. The molecule has 0 saturated heterocycles. The molecule has 6 aromatic carbocycles. The van der Waals surface area contributed by atoms with Crippen molar-refractivity contribution in [3.8, 4) is 57.4 Å². The molecule has 0 heterocycles. The summed E-state index contributed by atoms with van der Waals surface area (Å²) in [5.74, 6) is 2.68. The van der Waals surface area contributed by atoms with Crippen LogP contribution in [0, 0.1) is 22.7 Å². The molecule has 0 aromatic heterocycles. The number of carbonyl (C=O) groups is 1. The van der Waals surface area contributed by atoms with Crippen LogP contribution in [0.2, 0.25) is 0 Å². The number of aliphatic hydroxyl groups excluding tert-OH is 1. The maximum absolute atomic E-state index is 12.9. The molecule has 0 amide bonds. The van der Waals surface area contributed by atoms with Crippen molar-refractivity contribution in [2.45, 2.75) is 51.4 Å². The normalized spacial score (nSPS) is 11.0. The van der Waals surface area contributed by atoms with E-state index in [0.29, 0.717) is 60.2 Å². The first-order valence-electron chi connectivity index (χ1n) is 20.9. The second-order valence-corrected chi connectivity index (χ2v) is 14.6. The lowest BCUT2D eigenvalue weighted by Crippen LogP contribution is -2.01. The molecule has 6 aromatic rings. The van der Waals surface area contributed by atoms with Crippen LogP contribution in [0.1, 0.15) is 78.4 Å². The molecular weight excluding hydrogens is 761 g/mol. The maximum Gasteiger partial charge on any atom is 0.189 e. The highest BCUT2D eigenvalue weighted by Gasteiger charge is 2.08. The standard InChI is InChI=1S/C53H50N2O6/c54-38-40-9-13-42(14-10-40)44-17-25-48(26-18-44)58-33-5-1-3-7-35-60-50-29-21-46(22-30-50)52(56)37-53(57)47-23-31-51(32-24-47)61-36-8-4-2-6-34-59-49-27-19-45(20-28-49)43-15-11-41(39-55)12-16-43/h9-32,37,56H,1-8,33-36H2/b52-37-. The SMILES string of the molecule is N#Cc1ccc(-c2ccc(OCCCCCCOc3ccc(C(=O)/C=C(\O)c4ccc(OCCCCCCOc5ccc(-c6ccc(C#N)cc6)cc5)cc4)cc3)cc2)cc1. The number of allylic oxidation sites excluding steroid dienone is 1. The third-order valence-electron chi connectivity index (χ3n) is 10.1. The van der Waals surface area contributed by atoms with Gasteiger partial charge in [-0.15, -0.1) is 0 Å². The van der Waals surface area contributed by atoms with Gasteiger partial charge < -0.3 is 24.1 Å². The molecule has 0 fully saturated rings. The average molecular weight is 811 g/mol. The lowest BCUT2D eigenvalue weighted by Gasteiger charge is -2.09. The van der Waals surface area contributed by atoms with Crippen molar-refractivity contribution >= 4 is 11.5 Å². The van der Waals surface area contributed by atoms with Crippen molar-refractivity contribution < 1.29 is 28.8 Å². The first-order valence-corrected chi connectivity index (χ1v) is 20.9. The highest BCUT2D eigenvalue weighted by molar-refractivity contribution is 6.07. The number of hydrogen-bond donors (Lipinski definition) is 1. The molecule has 0 spiro atoms. The lowest BCUT2D eigenvalue weighted by atomic mass is 10.0. The molecule has 0 aliphatic rings. The number of hydrogen-bond acceptors (Lipinski definition) is 8. The van der Waals surface area contributed by atoms with Crippen LogP contribution in [0.15, 0.2) is 152 Å². The Morgan fingerprint density at radius 2 is 0.689 bits per heavy atom. The minimum atomic E-state index is -0.295. The number of nitriles is 2. The van der Waals surface area contributed by atoms with Gasteiger partial charge in [0.25, 0.3) is 0 Å². The molecule has 8 heteroatoms. The van der Waals surface area contributed by atoms with Gasteiger partial charge in [0.15, 0.2) is 5.78 Å². The van der Waals surface area contributed by atoms with Crippen LogP contribution in [-0.2, 0) is 0 Å². The monoisotopic (exact) mass is 810 g/mol. The lowest BCUT2D eigenvalue weighted by molar-refractivity contribution is 0.104. The van der Waals surface area contributed by atoms with E-state index in [1.807, 2.05) is 97.1 Å². The first-order chi connectivity index (χ1) is 30.0. The van der Waals surface area contributed by atoms with E-state index in [4.69, 9.17) is 29.5 Å². The zero-order valence-electron chi connectivity index (χ0n) is 34.3. The van der Waals surface area contributed by atoms with Crippen molar-refractivity contribution in [1.82, 2.24) is 0 Å². The van der Waals surface area contributed by atoms with Crippen molar-refractivity contribution in [2.75, 3.05) is 26.4 Å². The van der Waals surface area contributed by atoms with Crippen molar-refractivity contribution in [2.24, 2.45) is 0 Å². The van der Waals surface area contributed by atoms with Gasteiger partial charge in [-0.25, -0.2) is 0 Å². The number of benzene rings is 6. The number of ether oxygens (including phenoxy) is 4. The van der Waals surface area contributed by atoms with Crippen LogP contribution in [0.3, 0.4) is 0 Å². The summed E-state index contributed by atoms with van der Waals surface area (Å²) in [5.41, 5.74) is 6.59. The molecule has 6 rings (SSSR count). The molecular formula is C53H50N2O6. The highest BCUT2D eigenvalue weighted by Crippen LogP contribution is 2.25. The maximum atomic E-state index is 12.9. The predicted octanol–water partition coefficient (Wildman–Crippen LogP) is 12.6. The van der Waals surface area contributed by atoms with Gasteiger partial charge in [-0.1, -0.05) is 48.5 Å². The van der Waals surface area contributed by atoms with Gasteiger partial charge in [0, 0.05) is 17.2 Å². The third kappa shape index (κ3) is 13.9. The number of nitrogens with zero attached hydrogens (tertiary/aromatic N) is 2. The molecule has 0 aliphatic carbocycles. The van der Waals surface area contributed by atoms with Crippen LogP contribution in [0.5, 0.6) is 23.0 Å². The molecule has 0 saturated carbocycles. The fraction of sp³-hybridized carbons (Fsp3) is 0.226. The molecule has 8 nitrogen and oxygen atoms in total. The fourth-order valence-corrected chi connectivity index (χ4v) is 6.57. The summed E-state index contributed by atoms with van der Waals surface area (Å²) < 4.78 is 23.6. The van der Waals surface area contributed by atoms with Crippen LogP contribution in [0.25, 0.3) is 28.0 Å². The van der Waals surface area contributed by atoms with Crippen molar-refractivity contribution in [3.63, 3.8) is 0 Å². The summed E-state index contributed by atoms with van der Waals surface area (Å²) in [5, 5.41) is 28.6. The van der Waals surface area contributed by atoms with Crippen molar-refractivity contribution in [3.05, 3.63) is 174 Å². The van der Waals surface area contributed by atoms with E-state index in [1.54, 1.807) is 48.5 Å². The number of aliphatic hydroxyl groups is 1. The van der Waals surface area contributed by atoms with Crippen LogP contribution >= 0.6 is 0 Å². The van der Waals surface area contributed by atoms with E-state index in [9.17, 15) is 9.90 Å². The average Bonchev–Trinajstić information content (AvgIpc) is 3.31. The molecule has 1 N–H and O–H groups in total. The van der Waals surface area contributed by atoms with Gasteiger partial charge in [-0.05, 0) is 171 Å². The largest absolute Gasteiger partial charge is 0.507 e. The highest BCUT2D eigenvalue weighted by atomic mass is 16.5. The van der Waals surface area contributed by atoms with E-state index in [2.05, 4.69) is 12.1 Å². The van der Waals surface area contributed by atoms with Crippen LogP contribution < -0.4 is 18.9 Å². The molecule has 0 unspecified atom stereocenters. The Labute approximate surface area is 358 Å². The number of unbranched alkanes of at least 4 members (excludes halogenated alkanes) is 6. The van der Waals surface area contributed by atoms with E-state index >= 15 is 0 Å². The number of rotatable bonds is 23. The molecule has 0 aliphatic heterocycles. The van der Waals surface area contributed by atoms with Gasteiger partial charge in [-0.3, -0.25) is 4.79 Å². The number of ketones is 1. The number of carbonyl (C=O) groups excluding carboxylic acids is 1. The first kappa shape index (κ1) is 43.3. The Morgan fingerprint density at radius 1 is 0.410 bits per heavy atom. The minimum absolute atomic E-state index is 0.107. The fourth-order valence-electron chi connectivity index (χ4n) is 6.57. The molecule has 308 valence electrons. The van der Waals surface area contributed by atoms with E-state index in [-0.39, 0.29) is 11.5 Å². The van der Waals surface area contributed by atoms with Crippen molar-refractivity contribution in [1.29, 1.82) is 10.5 Å². The molecule has 0 radical (unpaired) electrons. The summed E-state index contributed by atoms with van der Waals surface area (Å²) in [4.78, 5) is 12.9. The van der Waals surface area contributed by atoms with E-state index < -0.39 is 0 Å². The Kier molecular flexibility index (Phi) is 16.6. The molecule has 0 atom stereocenters. The zero-order valence-corrected chi connectivity index (χ0v) is 34.3. The summed E-state index contributed by atoms with van der Waals surface area (Å²) in [6.45, 7) is 2.48. The zero-order chi connectivity index (χ0) is 42.5. The Morgan fingerprint density at radius 3 is 1.00 bits per heavy atom. The van der Waals surface area contributed by atoms with E-state index in [0.717, 1.165) is 85.1 Å². The second-order valence-electron chi connectivity index (χ2n) is 14.6.